The average Bonchev–Trinajstić information content (AvgIpc) is 1.96. The van der Waals surface area contributed by atoms with Gasteiger partial charge in [0.1, 0.15) is 4.60 Å². The normalized spacial score (nSPS) is 9.58. The Balaban J connectivity index is 2.89. The van der Waals surface area contributed by atoms with Gasteiger partial charge in [0.2, 0.25) is 5.91 Å². The first kappa shape index (κ1) is 9.48. The summed E-state index contributed by atoms with van der Waals surface area (Å²) in [5.74, 6) is -0.143. The maximum Gasteiger partial charge on any atom is 0.221 e. The van der Waals surface area contributed by atoms with E-state index in [0.717, 1.165) is 0 Å². The summed E-state index contributed by atoms with van der Waals surface area (Å²) in [5, 5.41) is 3.04. The lowest BCUT2D eigenvalue weighted by molar-refractivity contribution is -0.114. The van der Waals surface area contributed by atoms with Crippen molar-refractivity contribution < 1.29 is 4.79 Å². The van der Waals surface area contributed by atoms with Crippen molar-refractivity contribution in [2.24, 2.45) is 0 Å². The zero-order chi connectivity index (χ0) is 9.14. The molecule has 3 nitrogen and oxygen atoms in total. The Bertz CT molecular complexity index is 316. The van der Waals surface area contributed by atoms with Crippen molar-refractivity contribution in [1.29, 1.82) is 0 Å². The minimum atomic E-state index is -0.143. The third kappa shape index (κ3) is 2.46. The van der Waals surface area contributed by atoms with E-state index in [9.17, 15) is 4.79 Å². The molecule has 1 N–H and O–H groups in total. The average molecular weight is 249 g/mol. The van der Waals surface area contributed by atoms with Gasteiger partial charge >= 0.3 is 0 Å². The van der Waals surface area contributed by atoms with Crippen LogP contribution in [0.5, 0.6) is 0 Å². The molecule has 1 amide bonds. The maximum absolute atomic E-state index is 10.6. The topological polar surface area (TPSA) is 42.0 Å². The Morgan fingerprint density at radius 1 is 1.75 bits per heavy atom. The third-order valence-corrected chi connectivity index (χ3v) is 2.26. The lowest BCUT2D eigenvalue weighted by Crippen LogP contribution is -2.05. The molecule has 0 aliphatic heterocycles. The van der Waals surface area contributed by atoms with Crippen LogP contribution in [-0.2, 0) is 4.79 Å². The van der Waals surface area contributed by atoms with Gasteiger partial charge in [0, 0.05) is 6.92 Å². The van der Waals surface area contributed by atoms with Crippen molar-refractivity contribution >= 4 is 39.1 Å². The summed E-state index contributed by atoms with van der Waals surface area (Å²) in [5.41, 5.74) is 0.593. The number of nitrogens with zero attached hydrogens (tertiary/aromatic N) is 1. The summed E-state index contributed by atoms with van der Waals surface area (Å²) in [4.78, 5) is 14.5. The molecule has 0 unspecified atom stereocenters. The molecule has 5 heteroatoms. The van der Waals surface area contributed by atoms with Gasteiger partial charge in [0.15, 0.2) is 0 Å². The Labute approximate surface area is 83.3 Å². The fraction of sp³-hybridized carbons (Fsp3) is 0.143. The van der Waals surface area contributed by atoms with Gasteiger partial charge in [0.25, 0.3) is 0 Å². The summed E-state index contributed by atoms with van der Waals surface area (Å²) in [6, 6.07) is 1.63. The van der Waals surface area contributed by atoms with E-state index >= 15 is 0 Å². The van der Waals surface area contributed by atoms with Gasteiger partial charge in [-0.15, -0.1) is 0 Å². The Morgan fingerprint density at radius 2 is 2.42 bits per heavy atom. The number of halogens is 2. The second kappa shape index (κ2) is 3.87. The molecule has 1 aromatic heterocycles. The number of carbonyl (C=O) groups is 1. The maximum atomic E-state index is 10.6. The molecule has 0 aliphatic carbocycles. The Hall–Kier alpha value is -0.610. The highest BCUT2D eigenvalue weighted by Gasteiger charge is 2.00. The van der Waals surface area contributed by atoms with Gasteiger partial charge in [-0.25, -0.2) is 4.98 Å². The van der Waals surface area contributed by atoms with Crippen molar-refractivity contribution in [1.82, 2.24) is 4.98 Å². The summed E-state index contributed by atoms with van der Waals surface area (Å²) in [7, 11) is 0. The number of hydrogen-bond acceptors (Lipinski definition) is 2. The second-order valence-corrected chi connectivity index (χ2v) is 3.34. The minimum absolute atomic E-state index is 0.143. The van der Waals surface area contributed by atoms with E-state index in [1.807, 2.05) is 0 Å². The fourth-order valence-electron chi connectivity index (χ4n) is 0.693. The molecule has 0 spiro atoms. The quantitative estimate of drug-likeness (QED) is 0.777. The molecule has 1 aromatic rings. The van der Waals surface area contributed by atoms with Crippen molar-refractivity contribution in [3.05, 3.63) is 21.9 Å². The smallest absolute Gasteiger partial charge is 0.221 e. The number of carbonyl (C=O) groups excluding carboxylic acids is 1. The van der Waals surface area contributed by atoms with Crippen LogP contribution < -0.4 is 5.32 Å². The zero-order valence-corrected chi connectivity index (χ0v) is 8.61. The standard InChI is InChI=1S/C7H6BrClN2O/c1-4(12)11-5-2-6(9)7(8)10-3-5/h2-3H,1H3,(H,11,12). The molecular formula is C7H6BrClN2O. The van der Waals surface area contributed by atoms with Crippen molar-refractivity contribution in [3.8, 4) is 0 Å². The van der Waals surface area contributed by atoms with Crippen LogP contribution in [-0.4, -0.2) is 10.9 Å². The van der Waals surface area contributed by atoms with Gasteiger partial charge in [-0.3, -0.25) is 4.79 Å². The largest absolute Gasteiger partial charge is 0.325 e. The summed E-state index contributed by atoms with van der Waals surface area (Å²) in [6.07, 6.45) is 1.53. The molecule has 0 bridgehead atoms. The van der Waals surface area contributed by atoms with Gasteiger partial charge < -0.3 is 5.32 Å². The number of pyridine rings is 1. The number of anilines is 1. The number of aromatic nitrogens is 1. The molecule has 0 radical (unpaired) electrons. The molecule has 0 aromatic carbocycles. The van der Waals surface area contributed by atoms with Gasteiger partial charge in [-0.1, -0.05) is 11.6 Å². The highest BCUT2D eigenvalue weighted by atomic mass is 79.9. The summed E-state index contributed by atoms with van der Waals surface area (Å²) < 4.78 is 0.568. The summed E-state index contributed by atoms with van der Waals surface area (Å²) in [6.45, 7) is 1.43. The first-order valence-electron chi connectivity index (χ1n) is 3.18. The van der Waals surface area contributed by atoms with E-state index in [1.54, 1.807) is 6.07 Å². The zero-order valence-electron chi connectivity index (χ0n) is 6.27. The fourth-order valence-corrected chi connectivity index (χ4v) is 1.08. The van der Waals surface area contributed by atoms with Crippen LogP contribution in [0, 0.1) is 0 Å². The Morgan fingerprint density at radius 3 is 2.92 bits per heavy atom. The molecule has 0 aliphatic rings. The monoisotopic (exact) mass is 248 g/mol. The van der Waals surface area contributed by atoms with E-state index in [0.29, 0.717) is 15.3 Å². The molecule has 1 heterocycles. The van der Waals surface area contributed by atoms with Crippen LogP contribution in [0.2, 0.25) is 5.02 Å². The molecule has 0 saturated heterocycles. The molecule has 0 atom stereocenters. The van der Waals surface area contributed by atoms with Crippen molar-refractivity contribution in [2.45, 2.75) is 6.92 Å². The SMILES string of the molecule is CC(=O)Nc1cnc(Br)c(Cl)c1. The van der Waals surface area contributed by atoms with E-state index in [4.69, 9.17) is 11.6 Å². The molecule has 64 valence electrons. The number of amides is 1. The Kier molecular flexibility index (Phi) is 3.05. The van der Waals surface area contributed by atoms with Crippen LogP contribution in [0.1, 0.15) is 6.92 Å². The highest BCUT2D eigenvalue weighted by molar-refractivity contribution is 9.10. The highest BCUT2D eigenvalue weighted by Crippen LogP contribution is 2.22. The van der Waals surface area contributed by atoms with E-state index in [1.165, 1.54) is 13.1 Å². The van der Waals surface area contributed by atoms with Crippen LogP contribution >= 0.6 is 27.5 Å². The van der Waals surface area contributed by atoms with Crippen molar-refractivity contribution in [2.75, 3.05) is 5.32 Å². The molecule has 0 fully saturated rings. The molecule has 1 rings (SSSR count). The summed E-state index contributed by atoms with van der Waals surface area (Å²) >= 11 is 8.88. The van der Waals surface area contributed by atoms with Crippen LogP contribution in [0.3, 0.4) is 0 Å². The van der Waals surface area contributed by atoms with Crippen molar-refractivity contribution in [3.63, 3.8) is 0 Å². The predicted molar refractivity (Wildman–Crippen MR) is 51.3 cm³/mol. The van der Waals surface area contributed by atoms with Gasteiger partial charge in [0.05, 0.1) is 16.9 Å². The van der Waals surface area contributed by atoms with E-state index in [-0.39, 0.29) is 5.91 Å². The van der Waals surface area contributed by atoms with Gasteiger partial charge in [-0.2, -0.15) is 0 Å². The van der Waals surface area contributed by atoms with Crippen LogP contribution in [0.15, 0.2) is 16.9 Å². The van der Waals surface area contributed by atoms with Crippen LogP contribution in [0.4, 0.5) is 5.69 Å². The first-order chi connectivity index (χ1) is 5.59. The lowest BCUT2D eigenvalue weighted by Gasteiger charge is -2.01. The lowest BCUT2D eigenvalue weighted by atomic mass is 10.4. The third-order valence-electron chi connectivity index (χ3n) is 1.12. The second-order valence-electron chi connectivity index (χ2n) is 2.18. The van der Waals surface area contributed by atoms with Crippen LogP contribution in [0.25, 0.3) is 0 Å². The number of hydrogen-bond donors (Lipinski definition) is 1. The van der Waals surface area contributed by atoms with E-state index in [2.05, 4.69) is 26.2 Å². The minimum Gasteiger partial charge on any atom is -0.325 e. The number of nitrogens with one attached hydrogen (secondary N) is 1. The molecule has 0 saturated carbocycles. The van der Waals surface area contributed by atoms with E-state index < -0.39 is 0 Å². The van der Waals surface area contributed by atoms with Gasteiger partial charge in [-0.05, 0) is 22.0 Å². The molecular weight excluding hydrogens is 243 g/mol. The predicted octanol–water partition coefficient (Wildman–Crippen LogP) is 2.46. The number of rotatable bonds is 1. The molecule has 12 heavy (non-hydrogen) atoms. The first-order valence-corrected chi connectivity index (χ1v) is 4.35.